The third kappa shape index (κ3) is 4.74. The zero-order chi connectivity index (χ0) is 20.2. The summed E-state index contributed by atoms with van der Waals surface area (Å²) < 4.78 is 17.2. The number of urea groups is 1. The fourth-order valence-electron chi connectivity index (χ4n) is 3.52. The van der Waals surface area contributed by atoms with E-state index in [4.69, 9.17) is 14.2 Å². The molecule has 1 unspecified atom stereocenters. The van der Waals surface area contributed by atoms with E-state index in [2.05, 4.69) is 5.32 Å². The van der Waals surface area contributed by atoms with Crippen LogP contribution in [-0.2, 0) is 17.8 Å². The molecule has 7 heteroatoms. The summed E-state index contributed by atoms with van der Waals surface area (Å²) in [5, 5.41) is 12.6. The molecule has 2 amide bonds. The van der Waals surface area contributed by atoms with Crippen LogP contribution >= 0.6 is 0 Å². The summed E-state index contributed by atoms with van der Waals surface area (Å²) in [6.45, 7) is 5.00. The minimum Gasteiger partial charge on any atom is -0.508 e. The van der Waals surface area contributed by atoms with Gasteiger partial charge in [0.15, 0.2) is 0 Å². The smallest absolute Gasteiger partial charge is 0.318 e. The fourth-order valence-corrected chi connectivity index (χ4v) is 3.52. The van der Waals surface area contributed by atoms with Crippen LogP contribution in [0.4, 0.5) is 4.79 Å². The second kappa shape index (κ2) is 8.61. The third-order valence-corrected chi connectivity index (χ3v) is 5.15. The summed E-state index contributed by atoms with van der Waals surface area (Å²) >= 11 is 0. The topological polar surface area (TPSA) is 80.3 Å². The van der Waals surface area contributed by atoms with Gasteiger partial charge in [0.1, 0.15) is 30.0 Å². The van der Waals surface area contributed by atoms with Crippen molar-refractivity contribution in [3.05, 3.63) is 53.1 Å². The Morgan fingerprint density at radius 1 is 1.28 bits per heavy atom. The van der Waals surface area contributed by atoms with Gasteiger partial charge < -0.3 is 29.5 Å². The lowest BCUT2D eigenvalue weighted by atomic mass is 10.1. The number of aryl methyl sites for hydroxylation is 1. The molecule has 1 atom stereocenters. The summed E-state index contributed by atoms with van der Waals surface area (Å²) in [4.78, 5) is 14.5. The van der Waals surface area contributed by atoms with Crippen molar-refractivity contribution in [2.75, 3.05) is 26.4 Å². The molecule has 4 rings (SSSR count). The number of ether oxygens (including phenoxy) is 3. The second-order valence-corrected chi connectivity index (χ2v) is 7.44. The number of benzene rings is 2. The number of hydrogen-bond donors (Lipinski definition) is 2. The second-order valence-electron chi connectivity index (χ2n) is 7.44. The van der Waals surface area contributed by atoms with Gasteiger partial charge in [-0.2, -0.15) is 0 Å². The number of aromatic hydroxyl groups is 1. The van der Waals surface area contributed by atoms with Crippen LogP contribution < -0.4 is 14.8 Å². The molecule has 2 aliphatic heterocycles. The molecule has 0 aromatic heterocycles. The highest BCUT2D eigenvalue weighted by Crippen LogP contribution is 2.27. The molecule has 2 aliphatic rings. The molecule has 0 bridgehead atoms. The Kier molecular flexibility index (Phi) is 5.76. The molecule has 7 nitrogen and oxygen atoms in total. The Morgan fingerprint density at radius 3 is 3.00 bits per heavy atom. The first-order valence-corrected chi connectivity index (χ1v) is 9.90. The average molecular weight is 398 g/mol. The summed E-state index contributed by atoms with van der Waals surface area (Å²) in [6, 6.07) is 10.8. The molecule has 2 heterocycles. The predicted octanol–water partition coefficient (Wildman–Crippen LogP) is 2.97. The molecule has 1 fully saturated rings. The van der Waals surface area contributed by atoms with Crippen molar-refractivity contribution >= 4 is 6.03 Å². The molecule has 0 aliphatic carbocycles. The van der Waals surface area contributed by atoms with Gasteiger partial charge in [-0.1, -0.05) is 12.1 Å². The molecule has 2 aromatic carbocycles. The quantitative estimate of drug-likeness (QED) is 0.828. The Bertz CT molecular complexity index is 880. The van der Waals surface area contributed by atoms with E-state index < -0.39 is 0 Å². The predicted molar refractivity (Wildman–Crippen MR) is 107 cm³/mol. The van der Waals surface area contributed by atoms with Crippen molar-refractivity contribution in [3.8, 4) is 17.2 Å². The van der Waals surface area contributed by atoms with E-state index in [9.17, 15) is 9.90 Å². The molecule has 0 spiro atoms. The molecule has 154 valence electrons. The summed E-state index contributed by atoms with van der Waals surface area (Å²) in [7, 11) is 0. The van der Waals surface area contributed by atoms with Gasteiger partial charge in [-0.3, -0.25) is 0 Å². The number of amides is 2. The van der Waals surface area contributed by atoms with Crippen LogP contribution in [0.5, 0.6) is 17.2 Å². The van der Waals surface area contributed by atoms with Gasteiger partial charge in [-0.15, -0.1) is 0 Å². The monoisotopic (exact) mass is 398 g/mol. The number of phenols is 1. The fraction of sp³-hybridized carbons (Fsp3) is 0.409. The largest absolute Gasteiger partial charge is 0.508 e. The van der Waals surface area contributed by atoms with Crippen molar-refractivity contribution in [1.29, 1.82) is 0 Å². The SMILES string of the molecule is Cc1ccc(CNC(=O)N2CCOc3cc(O)ccc3C2)c(OC2CCOC2)c1. The van der Waals surface area contributed by atoms with E-state index in [1.165, 1.54) is 0 Å². The summed E-state index contributed by atoms with van der Waals surface area (Å²) in [6.07, 6.45) is 0.935. The van der Waals surface area contributed by atoms with Crippen LogP contribution in [0.25, 0.3) is 0 Å². The van der Waals surface area contributed by atoms with Gasteiger partial charge in [0, 0.05) is 30.2 Å². The first-order valence-electron chi connectivity index (χ1n) is 9.90. The van der Waals surface area contributed by atoms with E-state index in [0.717, 1.165) is 35.5 Å². The van der Waals surface area contributed by atoms with Gasteiger partial charge in [0.2, 0.25) is 0 Å². The molecule has 29 heavy (non-hydrogen) atoms. The Hall–Kier alpha value is -2.93. The van der Waals surface area contributed by atoms with Crippen molar-refractivity contribution in [2.45, 2.75) is 32.5 Å². The van der Waals surface area contributed by atoms with E-state index in [-0.39, 0.29) is 17.9 Å². The maximum absolute atomic E-state index is 12.8. The van der Waals surface area contributed by atoms with E-state index in [0.29, 0.717) is 38.6 Å². The number of nitrogens with zero attached hydrogens (tertiary/aromatic N) is 1. The number of fused-ring (bicyclic) bond motifs is 1. The van der Waals surface area contributed by atoms with E-state index >= 15 is 0 Å². The van der Waals surface area contributed by atoms with Crippen LogP contribution in [0, 0.1) is 6.92 Å². The highest BCUT2D eigenvalue weighted by atomic mass is 16.5. The molecule has 0 saturated carbocycles. The van der Waals surface area contributed by atoms with Crippen LogP contribution in [-0.4, -0.2) is 48.5 Å². The van der Waals surface area contributed by atoms with Crippen molar-refractivity contribution in [1.82, 2.24) is 10.2 Å². The standard InChI is InChI=1S/C22H26N2O5/c1-15-2-3-16(21(10-15)29-19-6-8-27-14-19)12-23-22(26)24-7-9-28-20-11-18(25)5-4-17(20)13-24/h2-5,10-11,19,25H,6-9,12-14H2,1H3,(H,23,26). The molecular formula is C22H26N2O5. The Balaban J connectivity index is 1.41. The van der Waals surface area contributed by atoms with E-state index in [1.54, 1.807) is 23.1 Å². The van der Waals surface area contributed by atoms with Gasteiger partial charge in [0.05, 0.1) is 26.3 Å². The van der Waals surface area contributed by atoms with Crippen LogP contribution in [0.2, 0.25) is 0 Å². The normalized spacial score (nSPS) is 18.5. The van der Waals surface area contributed by atoms with Crippen molar-refractivity contribution in [2.24, 2.45) is 0 Å². The number of hydrogen-bond acceptors (Lipinski definition) is 5. The summed E-state index contributed by atoms with van der Waals surface area (Å²) in [5.74, 6) is 1.57. The lowest BCUT2D eigenvalue weighted by Crippen LogP contribution is -2.40. The third-order valence-electron chi connectivity index (χ3n) is 5.15. The zero-order valence-corrected chi connectivity index (χ0v) is 16.5. The average Bonchev–Trinajstić information content (AvgIpc) is 3.12. The van der Waals surface area contributed by atoms with Crippen LogP contribution in [0.1, 0.15) is 23.1 Å². The zero-order valence-electron chi connectivity index (χ0n) is 16.5. The Morgan fingerprint density at radius 2 is 2.17 bits per heavy atom. The van der Waals surface area contributed by atoms with Crippen LogP contribution in [0.15, 0.2) is 36.4 Å². The van der Waals surface area contributed by atoms with E-state index in [1.807, 2.05) is 25.1 Å². The maximum atomic E-state index is 12.8. The number of rotatable bonds is 4. The number of carbonyl (C=O) groups excluding carboxylic acids is 1. The van der Waals surface area contributed by atoms with Crippen molar-refractivity contribution in [3.63, 3.8) is 0 Å². The lowest BCUT2D eigenvalue weighted by Gasteiger charge is -2.21. The molecule has 2 aromatic rings. The highest BCUT2D eigenvalue weighted by Gasteiger charge is 2.22. The minimum absolute atomic E-state index is 0.0573. The number of phenolic OH excluding ortho intramolecular Hbond substituents is 1. The van der Waals surface area contributed by atoms with Gasteiger partial charge >= 0.3 is 6.03 Å². The number of nitrogens with one attached hydrogen (secondary N) is 1. The molecular weight excluding hydrogens is 372 g/mol. The number of carbonyl (C=O) groups is 1. The van der Waals surface area contributed by atoms with Gasteiger partial charge in [-0.25, -0.2) is 4.79 Å². The lowest BCUT2D eigenvalue weighted by molar-refractivity contribution is 0.140. The molecule has 1 saturated heterocycles. The minimum atomic E-state index is -0.162. The van der Waals surface area contributed by atoms with Gasteiger partial charge in [0.25, 0.3) is 0 Å². The van der Waals surface area contributed by atoms with Crippen molar-refractivity contribution < 1.29 is 24.1 Å². The first kappa shape index (κ1) is 19.4. The highest BCUT2D eigenvalue weighted by molar-refractivity contribution is 5.74. The Labute approximate surface area is 170 Å². The summed E-state index contributed by atoms with van der Waals surface area (Å²) in [5.41, 5.74) is 2.92. The first-order chi connectivity index (χ1) is 14.1. The van der Waals surface area contributed by atoms with Crippen LogP contribution in [0.3, 0.4) is 0 Å². The molecule has 2 N–H and O–H groups in total. The molecule has 0 radical (unpaired) electrons. The maximum Gasteiger partial charge on any atom is 0.318 e. The van der Waals surface area contributed by atoms with Gasteiger partial charge in [-0.05, 0) is 30.7 Å².